The number of nitrogens with zero attached hydrogens (tertiary/aromatic N) is 4. The molecular weight excluding hydrogens is 376 g/mol. The lowest BCUT2D eigenvalue weighted by atomic mass is 10.0. The van der Waals surface area contributed by atoms with E-state index < -0.39 is 17.2 Å². The molecule has 8 heteroatoms. The van der Waals surface area contributed by atoms with E-state index in [1.54, 1.807) is 36.5 Å². The minimum Gasteiger partial charge on any atom is -0.299 e. The van der Waals surface area contributed by atoms with Crippen molar-refractivity contribution in [2.75, 3.05) is 0 Å². The quantitative estimate of drug-likeness (QED) is 0.511. The summed E-state index contributed by atoms with van der Waals surface area (Å²) in [6, 6.07) is 11.2. The Labute approximate surface area is 162 Å². The van der Waals surface area contributed by atoms with E-state index in [1.165, 1.54) is 22.9 Å². The molecule has 6 nitrogen and oxygen atoms in total. The van der Waals surface area contributed by atoms with Crippen molar-refractivity contribution in [1.29, 1.82) is 0 Å². The van der Waals surface area contributed by atoms with Crippen LogP contribution in [0.15, 0.2) is 65.8 Å². The molecule has 0 saturated carbocycles. The maximum atomic E-state index is 14.9. The summed E-state index contributed by atoms with van der Waals surface area (Å²) in [5, 5.41) is 7.63. The van der Waals surface area contributed by atoms with E-state index in [0.717, 1.165) is 17.1 Å². The molecule has 1 N–H and O–H groups in total. The number of fused-ring (bicyclic) bond motifs is 2. The Balaban J connectivity index is 1.59. The molecule has 0 bridgehead atoms. The maximum Gasteiger partial charge on any atom is 0.269 e. The Kier molecular flexibility index (Phi) is 3.90. The highest BCUT2D eigenvalue weighted by Gasteiger charge is 2.15. The van der Waals surface area contributed by atoms with Crippen LogP contribution < -0.4 is 5.56 Å². The van der Waals surface area contributed by atoms with Crippen molar-refractivity contribution in [2.45, 2.75) is 6.54 Å². The third-order valence-electron chi connectivity index (χ3n) is 4.85. The van der Waals surface area contributed by atoms with Crippen molar-refractivity contribution >= 4 is 22.1 Å². The van der Waals surface area contributed by atoms with Crippen LogP contribution in [-0.4, -0.2) is 24.7 Å². The first-order valence-electron chi connectivity index (χ1n) is 8.82. The minimum atomic E-state index is -0.729. The lowest BCUT2D eigenvalue weighted by molar-refractivity contribution is 0.545. The van der Waals surface area contributed by atoms with Gasteiger partial charge in [-0.2, -0.15) is 5.10 Å². The van der Waals surface area contributed by atoms with Crippen molar-refractivity contribution in [3.63, 3.8) is 0 Å². The Morgan fingerprint density at radius 1 is 0.966 bits per heavy atom. The average molecular weight is 389 g/mol. The van der Waals surface area contributed by atoms with Gasteiger partial charge in [-0.3, -0.25) is 14.5 Å². The Morgan fingerprint density at radius 3 is 2.62 bits per heavy atom. The average Bonchev–Trinajstić information content (AvgIpc) is 3.19. The van der Waals surface area contributed by atoms with Gasteiger partial charge in [0.05, 0.1) is 30.0 Å². The van der Waals surface area contributed by atoms with Gasteiger partial charge < -0.3 is 0 Å². The molecular formula is C21H13F2N5O. The van der Waals surface area contributed by atoms with Gasteiger partial charge in [-0.25, -0.2) is 18.7 Å². The summed E-state index contributed by atoms with van der Waals surface area (Å²) in [5.41, 5.74) is 1.99. The summed E-state index contributed by atoms with van der Waals surface area (Å²) >= 11 is 0. The number of pyridine rings is 1. The van der Waals surface area contributed by atoms with Crippen LogP contribution in [0.4, 0.5) is 8.78 Å². The molecule has 0 atom stereocenters. The Bertz CT molecular complexity index is 1420. The first kappa shape index (κ1) is 17.2. The van der Waals surface area contributed by atoms with E-state index in [1.807, 2.05) is 0 Å². The van der Waals surface area contributed by atoms with Gasteiger partial charge in [-0.05, 0) is 47.5 Å². The monoisotopic (exact) mass is 389 g/mol. The smallest absolute Gasteiger partial charge is 0.269 e. The van der Waals surface area contributed by atoms with Gasteiger partial charge >= 0.3 is 0 Å². The molecule has 142 valence electrons. The number of aromatic nitrogens is 5. The summed E-state index contributed by atoms with van der Waals surface area (Å²) in [6.07, 6.45) is 4.28. The molecule has 2 aromatic carbocycles. The second-order valence-corrected chi connectivity index (χ2v) is 6.62. The van der Waals surface area contributed by atoms with Crippen LogP contribution in [0.3, 0.4) is 0 Å². The molecule has 0 fully saturated rings. The standard InChI is InChI=1S/C21H13F2N5O/c22-16-7-13(12-3-4-18-14(6-12)9-26-27-18)8-17(23)15(16)11-28-19-2-1-5-24-21(19)25-10-20(28)29/h1-10H,11H2,(H,26,27). The first-order chi connectivity index (χ1) is 14.1. The van der Waals surface area contributed by atoms with E-state index in [9.17, 15) is 13.6 Å². The molecule has 0 radical (unpaired) electrons. The molecule has 0 amide bonds. The van der Waals surface area contributed by atoms with Gasteiger partial charge in [0.15, 0.2) is 5.65 Å². The van der Waals surface area contributed by atoms with Gasteiger partial charge in [-0.1, -0.05) is 6.07 Å². The molecule has 3 aromatic heterocycles. The Hall–Kier alpha value is -3.94. The van der Waals surface area contributed by atoms with Gasteiger partial charge in [0.25, 0.3) is 5.56 Å². The van der Waals surface area contributed by atoms with E-state index in [-0.39, 0.29) is 12.1 Å². The van der Waals surface area contributed by atoms with Crippen molar-refractivity contribution in [3.05, 3.63) is 88.6 Å². The van der Waals surface area contributed by atoms with E-state index in [4.69, 9.17) is 0 Å². The zero-order valence-corrected chi connectivity index (χ0v) is 14.9. The maximum absolute atomic E-state index is 14.9. The summed E-state index contributed by atoms with van der Waals surface area (Å²) in [5.74, 6) is -1.46. The number of H-pyrrole nitrogens is 1. The van der Waals surface area contributed by atoms with E-state index in [0.29, 0.717) is 22.3 Å². The normalized spacial score (nSPS) is 11.4. The molecule has 0 spiro atoms. The zero-order valence-electron chi connectivity index (χ0n) is 14.9. The van der Waals surface area contributed by atoms with Gasteiger partial charge in [0, 0.05) is 17.1 Å². The van der Waals surface area contributed by atoms with E-state index >= 15 is 0 Å². The molecule has 0 aliphatic carbocycles. The lowest BCUT2D eigenvalue weighted by Gasteiger charge is -2.12. The molecule has 3 heterocycles. The van der Waals surface area contributed by atoms with Crippen LogP contribution in [0.1, 0.15) is 5.56 Å². The fourth-order valence-corrected chi connectivity index (χ4v) is 3.37. The van der Waals surface area contributed by atoms with Crippen molar-refractivity contribution < 1.29 is 8.78 Å². The molecule has 29 heavy (non-hydrogen) atoms. The molecule has 0 unspecified atom stereocenters. The number of hydrogen-bond acceptors (Lipinski definition) is 4. The Morgan fingerprint density at radius 2 is 1.79 bits per heavy atom. The third-order valence-corrected chi connectivity index (χ3v) is 4.85. The SMILES string of the molecule is O=c1cnc2ncccc2n1Cc1c(F)cc(-c2ccc3[nH]ncc3c2)cc1F. The largest absolute Gasteiger partial charge is 0.299 e. The highest BCUT2D eigenvalue weighted by Crippen LogP contribution is 2.27. The number of benzene rings is 2. The number of hydrogen-bond donors (Lipinski definition) is 1. The first-order valence-corrected chi connectivity index (χ1v) is 8.82. The molecule has 5 aromatic rings. The summed E-state index contributed by atoms with van der Waals surface area (Å²) in [4.78, 5) is 20.3. The number of halogens is 2. The summed E-state index contributed by atoms with van der Waals surface area (Å²) < 4.78 is 31.0. The third kappa shape index (κ3) is 2.94. The van der Waals surface area contributed by atoms with Crippen LogP contribution >= 0.6 is 0 Å². The number of aromatic amines is 1. The fourth-order valence-electron chi connectivity index (χ4n) is 3.37. The summed E-state index contributed by atoms with van der Waals surface area (Å²) in [7, 11) is 0. The molecule has 0 aliphatic rings. The predicted molar refractivity (Wildman–Crippen MR) is 104 cm³/mol. The lowest BCUT2D eigenvalue weighted by Crippen LogP contribution is -2.22. The van der Waals surface area contributed by atoms with Crippen LogP contribution in [0.25, 0.3) is 33.2 Å². The second-order valence-electron chi connectivity index (χ2n) is 6.62. The van der Waals surface area contributed by atoms with Crippen molar-refractivity contribution in [2.24, 2.45) is 0 Å². The zero-order chi connectivity index (χ0) is 20.0. The number of rotatable bonds is 3. The molecule has 0 saturated heterocycles. The molecule has 5 rings (SSSR count). The fraction of sp³-hybridized carbons (Fsp3) is 0.0476. The second kappa shape index (κ2) is 6.59. The van der Waals surface area contributed by atoms with Crippen LogP contribution in [0.5, 0.6) is 0 Å². The van der Waals surface area contributed by atoms with Crippen LogP contribution in [0, 0.1) is 11.6 Å². The minimum absolute atomic E-state index is 0.198. The van der Waals surface area contributed by atoms with Crippen LogP contribution in [-0.2, 0) is 6.54 Å². The highest BCUT2D eigenvalue weighted by molar-refractivity contribution is 5.84. The van der Waals surface area contributed by atoms with Gasteiger partial charge in [0.1, 0.15) is 11.6 Å². The van der Waals surface area contributed by atoms with Gasteiger partial charge in [0.2, 0.25) is 0 Å². The van der Waals surface area contributed by atoms with E-state index in [2.05, 4.69) is 20.2 Å². The number of nitrogens with one attached hydrogen (secondary N) is 1. The predicted octanol–water partition coefficient (Wildman–Crippen LogP) is 3.66. The molecule has 0 aliphatic heterocycles. The van der Waals surface area contributed by atoms with Gasteiger partial charge in [-0.15, -0.1) is 0 Å². The summed E-state index contributed by atoms with van der Waals surface area (Å²) in [6.45, 7) is -0.262. The van der Waals surface area contributed by atoms with Crippen molar-refractivity contribution in [3.8, 4) is 11.1 Å². The topological polar surface area (TPSA) is 76.5 Å². The van der Waals surface area contributed by atoms with Crippen molar-refractivity contribution in [1.82, 2.24) is 24.7 Å². The highest BCUT2D eigenvalue weighted by atomic mass is 19.1. The van der Waals surface area contributed by atoms with Crippen LogP contribution in [0.2, 0.25) is 0 Å².